The molecule has 1 aromatic carbocycles. The lowest BCUT2D eigenvalue weighted by atomic mass is 9.94. The van der Waals surface area contributed by atoms with Crippen LogP contribution in [0.2, 0.25) is 0 Å². The van der Waals surface area contributed by atoms with Crippen LogP contribution >= 0.6 is 12.4 Å². The first kappa shape index (κ1) is 19.3. The molecule has 128 valence electrons. The van der Waals surface area contributed by atoms with Crippen LogP contribution in [-0.4, -0.2) is 37.1 Å². The van der Waals surface area contributed by atoms with Crippen molar-refractivity contribution < 1.29 is 9.59 Å². The van der Waals surface area contributed by atoms with Crippen LogP contribution < -0.4 is 21.3 Å². The minimum absolute atomic E-state index is 0. The fourth-order valence-corrected chi connectivity index (χ4v) is 2.44. The minimum Gasteiger partial charge on any atom is -0.350 e. The summed E-state index contributed by atoms with van der Waals surface area (Å²) >= 11 is 0. The van der Waals surface area contributed by atoms with Crippen LogP contribution in [0.25, 0.3) is 0 Å². The number of rotatable bonds is 4. The van der Waals surface area contributed by atoms with Gasteiger partial charge in [0.25, 0.3) is 0 Å². The number of halogens is 1. The molecule has 0 aromatic heterocycles. The molecule has 2 rings (SSSR count). The maximum Gasteiger partial charge on any atom is 0.319 e. The van der Waals surface area contributed by atoms with Crippen molar-refractivity contribution in [3.8, 4) is 0 Å². The molecule has 3 atom stereocenters. The van der Waals surface area contributed by atoms with Crippen molar-refractivity contribution in [2.75, 3.05) is 18.4 Å². The molecule has 1 aromatic rings. The second-order valence-corrected chi connectivity index (χ2v) is 5.77. The molecule has 4 N–H and O–H groups in total. The molecule has 6 nitrogen and oxygen atoms in total. The number of anilines is 1. The summed E-state index contributed by atoms with van der Waals surface area (Å²) in [6, 6.07) is 8.27. The average molecular weight is 341 g/mol. The second-order valence-electron chi connectivity index (χ2n) is 5.77. The molecule has 1 heterocycles. The molecule has 0 aliphatic carbocycles. The van der Waals surface area contributed by atoms with E-state index in [1.165, 1.54) is 0 Å². The van der Waals surface area contributed by atoms with Crippen molar-refractivity contribution >= 4 is 30.0 Å². The van der Waals surface area contributed by atoms with Gasteiger partial charge in [0.2, 0.25) is 5.91 Å². The number of hydrogen-bond acceptors (Lipinski definition) is 3. The third-order valence-electron chi connectivity index (χ3n) is 3.93. The number of piperidine rings is 1. The van der Waals surface area contributed by atoms with Gasteiger partial charge < -0.3 is 21.3 Å². The van der Waals surface area contributed by atoms with Gasteiger partial charge >= 0.3 is 6.03 Å². The summed E-state index contributed by atoms with van der Waals surface area (Å²) in [5, 5.41) is 11.6. The monoisotopic (exact) mass is 340 g/mol. The lowest BCUT2D eigenvalue weighted by molar-refractivity contribution is -0.123. The predicted molar refractivity (Wildman–Crippen MR) is 93.9 cm³/mol. The summed E-state index contributed by atoms with van der Waals surface area (Å²) in [6.07, 6.45) is 1.04. The number of para-hydroxylation sites is 1. The van der Waals surface area contributed by atoms with E-state index >= 15 is 0 Å². The van der Waals surface area contributed by atoms with E-state index in [1.807, 2.05) is 18.2 Å². The minimum atomic E-state index is -0.585. The topological polar surface area (TPSA) is 82.3 Å². The van der Waals surface area contributed by atoms with Crippen LogP contribution in [0.1, 0.15) is 20.3 Å². The third kappa shape index (κ3) is 6.08. The van der Waals surface area contributed by atoms with Crippen molar-refractivity contribution in [1.29, 1.82) is 0 Å². The first-order valence-corrected chi connectivity index (χ1v) is 7.70. The molecule has 3 amide bonds. The Balaban J connectivity index is 0.00000264. The number of urea groups is 1. The first-order chi connectivity index (χ1) is 10.6. The number of carbonyl (C=O) groups excluding carboxylic acids is 2. The second kappa shape index (κ2) is 9.37. The fourth-order valence-electron chi connectivity index (χ4n) is 2.44. The summed E-state index contributed by atoms with van der Waals surface area (Å²) in [7, 11) is 0. The Morgan fingerprint density at radius 1 is 1.26 bits per heavy atom. The van der Waals surface area contributed by atoms with Gasteiger partial charge in [0, 0.05) is 18.3 Å². The highest BCUT2D eigenvalue weighted by Gasteiger charge is 2.25. The number of carbonyl (C=O) groups is 2. The Morgan fingerprint density at radius 3 is 2.61 bits per heavy atom. The number of amides is 3. The SMILES string of the molecule is CC(NC(=O)Nc1ccccc1)C(=O)NC1CNCCC1C.Cl. The maximum atomic E-state index is 12.2. The standard InChI is InChI=1S/C16H24N4O2.ClH/c1-11-8-9-17-10-14(11)20-15(21)12(2)18-16(22)19-13-6-4-3-5-7-13;/h3-7,11-12,14,17H,8-10H2,1-2H3,(H,20,21)(H2,18,19,22);1H. The fraction of sp³-hybridized carbons (Fsp3) is 0.500. The molecule has 7 heteroatoms. The van der Waals surface area contributed by atoms with Crippen LogP contribution in [0.5, 0.6) is 0 Å². The van der Waals surface area contributed by atoms with Crippen LogP contribution in [0, 0.1) is 5.92 Å². The third-order valence-corrected chi connectivity index (χ3v) is 3.93. The van der Waals surface area contributed by atoms with Crippen LogP contribution in [0.3, 0.4) is 0 Å². The van der Waals surface area contributed by atoms with Gasteiger partial charge in [0.05, 0.1) is 0 Å². The zero-order valence-electron chi connectivity index (χ0n) is 13.5. The van der Waals surface area contributed by atoms with E-state index in [2.05, 4.69) is 28.2 Å². The zero-order valence-corrected chi connectivity index (χ0v) is 14.3. The molecule has 3 unspecified atom stereocenters. The quantitative estimate of drug-likeness (QED) is 0.673. The van der Waals surface area contributed by atoms with Crippen molar-refractivity contribution in [2.24, 2.45) is 5.92 Å². The van der Waals surface area contributed by atoms with Crippen molar-refractivity contribution in [3.05, 3.63) is 30.3 Å². The molecule has 0 radical (unpaired) electrons. The maximum absolute atomic E-state index is 12.2. The van der Waals surface area contributed by atoms with Gasteiger partial charge in [-0.15, -0.1) is 12.4 Å². The highest BCUT2D eigenvalue weighted by molar-refractivity contribution is 5.93. The summed E-state index contributed by atoms with van der Waals surface area (Å²) in [5.41, 5.74) is 0.692. The molecule has 0 spiro atoms. The van der Waals surface area contributed by atoms with Gasteiger partial charge in [-0.25, -0.2) is 4.79 Å². The molecule has 0 bridgehead atoms. The normalized spacial score (nSPS) is 21.5. The van der Waals surface area contributed by atoms with Crippen LogP contribution in [0.4, 0.5) is 10.5 Å². The molecular formula is C16H25ClN4O2. The van der Waals surface area contributed by atoms with Gasteiger partial charge in [0.15, 0.2) is 0 Å². The molecule has 23 heavy (non-hydrogen) atoms. The van der Waals surface area contributed by atoms with Crippen LogP contribution in [0.15, 0.2) is 30.3 Å². The molecular weight excluding hydrogens is 316 g/mol. The smallest absolute Gasteiger partial charge is 0.319 e. The number of nitrogens with one attached hydrogen (secondary N) is 4. The van der Waals surface area contributed by atoms with Crippen molar-refractivity contribution in [1.82, 2.24) is 16.0 Å². The lowest BCUT2D eigenvalue weighted by Gasteiger charge is -2.31. The molecule has 1 aliphatic heterocycles. The average Bonchev–Trinajstić information content (AvgIpc) is 2.50. The summed E-state index contributed by atoms with van der Waals surface area (Å²) in [5.74, 6) is 0.277. The summed E-state index contributed by atoms with van der Waals surface area (Å²) < 4.78 is 0. The van der Waals surface area contributed by atoms with E-state index in [4.69, 9.17) is 0 Å². The Kier molecular flexibility index (Phi) is 7.85. The number of hydrogen-bond donors (Lipinski definition) is 4. The molecule has 1 aliphatic rings. The number of benzene rings is 1. The summed E-state index contributed by atoms with van der Waals surface area (Å²) in [4.78, 5) is 24.0. The van der Waals surface area contributed by atoms with Gasteiger partial charge in [-0.3, -0.25) is 4.79 Å². The van der Waals surface area contributed by atoms with E-state index in [9.17, 15) is 9.59 Å². The predicted octanol–water partition coefficient (Wildman–Crippen LogP) is 1.73. The molecule has 0 saturated carbocycles. The Bertz CT molecular complexity index is 512. The largest absolute Gasteiger partial charge is 0.350 e. The highest BCUT2D eigenvalue weighted by atomic mass is 35.5. The molecule has 1 fully saturated rings. The Labute approximate surface area is 143 Å². The van der Waals surface area contributed by atoms with Crippen molar-refractivity contribution in [2.45, 2.75) is 32.4 Å². The molecule has 1 saturated heterocycles. The van der Waals surface area contributed by atoms with Gasteiger partial charge in [0.1, 0.15) is 6.04 Å². The lowest BCUT2D eigenvalue weighted by Crippen LogP contribution is -2.55. The Hall–Kier alpha value is -1.79. The van der Waals surface area contributed by atoms with Gasteiger partial charge in [-0.1, -0.05) is 25.1 Å². The van der Waals surface area contributed by atoms with E-state index in [0.29, 0.717) is 11.6 Å². The van der Waals surface area contributed by atoms with E-state index in [0.717, 1.165) is 19.5 Å². The zero-order chi connectivity index (χ0) is 15.9. The summed E-state index contributed by atoms with van der Waals surface area (Å²) in [6.45, 7) is 5.57. The Morgan fingerprint density at radius 2 is 1.96 bits per heavy atom. The van der Waals surface area contributed by atoms with E-state index in [1.54, 1.807) is 19.1 Å². The van der Waals surface area contributed by atoms with Gasteiger partial charge in [-0.2, -0.15) is 0 Å². The van der Waals surface area contributed by atoms with Gasteiger partial charge in [-0.05, 0) is 37.9 Å². The first-order valence-electron chi connectivity index (χ1n) is 7.70. The highest BCUT2D eigenvalue weighted by Crippen LogP contribution is 2.11. The van der Waals surface area contributed by atoms with Crippen molar-refractivity contribution in [3.63, 3.8) is 0 Å². The van der Waals surface area contributed by atoms with Crippen LogP contribution in [-0.2, 0) is 4.79 Å². The van der Waals surface area contributed by atoms with E-state index < -0.39 is 6.04 Å². The van der Waals surface area contributed by atoms with E-state index in [-0.39, 0.29) is 30.4 Å².